The predicted octanol–water partition coefficient (Wildman–Crippen LogP) is 3.68. The summed E-state index contributed by atoms with van der Waals surface area (Å²) in [7, 11) is 1.63. The molecule has 2 aromatic carbocycles. The molecule has 6 nitrogen and oxygen atoms in total. The lowest BCUT2D eigenvalue weighted by Crippen LogP contribution is -2.18. The van der Waals surface area contributed by atoms with Crippen molar-refractivity contribution in [2.24, 2.45) is 5.16 Å². The maximum Gasteiger partial charge on any atom is 0.336 e. The molecule has 0 spiro atoms. The van der Waals surface area contributed by atoms with E-state index in [2.05, 4.69) is 5.16 Å². The van der Waals surface area contributed by atoms with Crippen molar-refractivity contribution in [3.63, 3.8) is 0 Å². The second-order valence-corrected chi connectivity index (χ2v) is 6.39. The highest BCUT2D eigenvalue weighted by atomic mass is 16.7. The number of ether oxygens (including phenoxy) is 2. The van der Waals surface area contributed by atoms with Crippen LogP contribution in [0.25, 0.3) is 11.0 Å². The molecule has 1 aliphatic heterocycles. The summed E-state index contributed by atoms with van der Waals surface area (Å²) in [6.07, 6.45) is 0.437. The summed E-state index contributed by atoms with van der Waals surface area (Å²) in [5.41, 5.74) is 2.77. The van der Waals surface area contributed by atoms with E-state index in [4.69, 9.17) is 18.7 Å². The van der Waals surface area contributed by atoms with Crippen LogP contribution in [-0.4, -0.2) is 25.5 Å². The zero-order chi connectivity index (χ0) is 18.8. The number of oxime groups is 1. The summed E-state index contributed by atoms with van der Waals surface area (Å²) in [4.78, 5) is 17.1. The van der Waals surface area contributed by atoms with Crippen LogP contribution in [0.1, 0.15) is 17.5 Å². The van der Waals surface area contributed by atoms with Crippen LogP contribution in [0.15, 0.2) is 62.9 Å². The maximum atomic E-state index is 11.6. The van der Waals surface area contributed by atoms with Gasteiger partial charge in [-0.25, -0.2) is 4.79 Å². The fourth-order valence-electron chi connectivity index (χ4n) is 3.14. The third kappa shape index (κ3) is 3.51. The van der Waals surface area contributed by atoms with Crippen molar-refractivity contribution in [3.05, 3.63) is 70.1 Å². The lowest BCUT2D eigenvalue weighted by Gasteiger charge is -2.11. The third-order valence-corrected chi connectivity index (χ3v) is 4.51. The smallest absolute Gasteiger partial charge is 0.336 e. The standard InChI is InChI=1S/C21H19NO5/c1-13-9-21(23)26-20-11-14(7-8-16(13)20)25-12-15-10-18(22-27-15)17-5-3-4-6-19(17)24-2/h3-9,11,15H,10,12H2,1-2H3/t15-/m0/s1. The predicted molar refractivity (Wildman–Crippen MR) is 102 cm³/mol. The SMILES string of the molecule is COc1ccccc1C1=NO[C@H](COc2ccc3c(C)cc(=O)oc3c2)C1. The van der Waals surface area contributed by atoms with E-state index in [9.17, 15) is 4.79 Å². The first-order chi connectivity index (χ1) is 13.1. The Bertz CT molecular complexity index is 1070. The number of hydrogen-bond donors (Lipinski definition) is 0. The molecule has 0 fully saturated rings. The molecule has 0 amide bonds. The number of hydrogen-bond acceptors (Lipinski definition) is 6. The summed E-state index contributed by atoms with van der Waals surface area (Å²) in [6.45, 7) is 2.21. The van der Waals surface area contributed by atoms with E-state index in [0.717, 1.165) is 28.0 Å². The molecule has 6 heteroatoms. The van der Waals surface area contributed by atoms with Crippen molar-refractivity contribution < 1.29 is 18.7 Å². The van der Waals surface area contributed by atoms with Crippen LogP contribution in [0.2, 0.25) is 0 Å². The van der Waals surface area contributed by atoms with Gasteiger partial charge in [0.05, 0.1) is 12.8 Å². The third-order valence-electron chi connectivity index (χ3n) is 4.51. The molecule has 2 heterocycles. The lowest BCUT2D eigenvalue weighted by atomic mass is 10.0. The molecule has 1 atom stereocenters. The zero-order valence-corrected chi connectivity index (χ0v) is 15.1. The molecule has 0 saturated carbocycles. The van der Waals surface area contributed by atoms with E-state index in [1.165, 1.54) is 6.07 Å². The number of rotatable bonds is 5. The van der Waals surface area contributed by atoms with Crippen LogP contribution < -0.4 is 15.1 Å². The van der Waals surface area contributed by atoms with Gasteiger partial charge in [0.1, 0.15) is 23.7 Å². The molecule has 1 aliphatic rings. The van der Waals surface area contributed by atoms with Crippen LogP contribution in [0.3, 0.4) is 0 Å². The summed E-state index contributed by atoms with van der Waals surface area (Å²) in [5.74, 6) is 1.38. The molecule has 0 bridgehead atoms. The molecule has 4 rings (SSSR count). The number of nitrogens with zero attached hydrogens (tertiary/aromatic N) is 1. The van der Waals surface area contributed by atoms with Crippen molar-refractivity contribution >= 4 is 16.7 Å². The fraction of sp³-hybridized carbons (Fsp3) is 0.238. The summed E-state index contributed by atoms with van der Waals surface area (Å²) >= 11 is 0. The van der Waals surface area contributed by atoms with E-state index in [1.807, 2.05) is 43.3 Å². The molecule has 138 valence electrons. The van der Waals surface area contributed by atoms with E-state index < -0.39 is 0 Å². The van der Waals surface area contributed by atoms with Gasteiger partial charge in [0, 0.05) is 29.5 Å². The molecule has 27 heavy (non-hydrogen) atoms. The van der Waals surface area contributed by atoms with Gasteiger partial charge in [-0.1, -0.05) is 17.3 Å². The van der Waals surface area contributed by atoms with Gasteiger partial charge in [0.25, 0.3) is 0 Å². The Labute approximate surface area is 156 Å². The highest BCUT2D eigenvalue weighted by Crippen LogP contribution is 2.26. The molecule has 0 aliphatic carbocycles. The van der Waals surface area contributed by atoms with Crippen LogP contribution in [0.4, 0.5) is 0 Å². The van der Waals surface area contributed by atoms with Gasteiger partial charge in [-0.05, 0) is 36.8 Å². The largest absolute Gasteiger partial charge is 0.496 e. The number of fused-ring (bicyclic) bond motifs is 1. The fourth-order valence-corrected chi connectivity index (χ4v) is 3.14. The first-order valence-electron chi connectivity index (χ1n) is 8.67. The van der Waals surface area contributed by atoms with Gasteiger partial charge in [-0.15, -0.1) is 0 Å². The molecule has 0 unspecified atom stereocenters. The van der Waals surface area contributed by atoms with Gasteiger partial charge in [0.15, 0.2) is 6.10 Å². The second kappa shape index (κ2) is 7.15. The van der Waals surface area contributed by atoms with E-state index >= 15 is 0 Å². The maximum absolute atomic E-state index is 11.6. The van der Waals surface area contributed by atoms with Gasteiger partial charge in [0.2, 0.25) is 0 Å². The Morgan fingerprint density at radius 1 is 1.19 bits per heavy atom. The summed E-state index contributed by atoms with van der Waals surface area (Å²) in [6, 6.07) is 14.6. The first-order valence-corrected chi connectivity index (χ1v) is 8.67. The molecule has 0 saturated heterocycles. The van der Waals surface area contributed by atoms with Crippen LogP contribution in [0.5, 0.6) is 11.5 Å². The minimum Gasteiger partial charge on any atom is -0.496 e. The normalized spacial score (nSPS) is 16.1. The highest BCUT2D eigenvalue weighted by Gasteiger charge is 2.24. The molecule has 3 aromatic rings. The summed E-state index contributed by atoms with van der Waals surface area (Å²) in [5, 5.41) is 5.07. The molecular formula is C21H19NO5. The van der Waals surface area contributed by atoms with Crippen molar-refractivity contribution in [2.75, 3.05) is 13.7 Å². The lowest BCUT2D eigenvalue weighted by molar-refractivity contribution is 0.0471. The Hall–Kier alpha value is -3.28. The average Bonchev–Trinajstić information content (AvgIpc) is 3.14. The Morgan fingerprint density at radius 3 is 2.89 bits per heavy atom. The van der Waals surface area contributed by atoms with Crippen LogP contribution >= 0.6 is 0 Å². The number of para-hydroxylation sites is 1. The van der Waals surface area contributed by atoms with E-state index in [-0.39, 0.29) is 11.7 Å². The Morgan fingerprint density at radius 2 is 2.04 bits per heavy atom. The molecule has 0 N–H and O–H groups in total. The number of benzene rings is 2. The van der Waals surface area contributed by atoms with Crippen LogP contribution in [0, 0.1) is 6.92 Å². The van der Waals surface area contributed by atoms with Gasteiger partial charge >= 0.3 is 5.63 Å². The highest BCUT2D eigenvalue weighted by molar-refractivity contribution is 6.03. The quantitative estimate of drug-likeness (QED) is 0.645. The zero-order valence-electron chi connectivity index (χ0n) is 15.1. The number of methoxy groups -OCH3 is 1. The minimum absolute atomic E-state index is 0.190. The molecular weight excluding hydrogens is 346 g/mol. The van der Waals surface area contributed by atoms with Crippen molar-refractivity contribution in [1.29, 1.82) is 0 Å². The van der Waals surface area contributed by atoms with E-state index in [1.54, 1.807) is 13.2 Å². The first kappa shape index (κ1) is 17.1. The van der Waals surface area contributed by atoms with Crippen molar-refractivity contribution in [3.8, 4) is 11.5 Å². The van der Waals surface area contributed by atoms with Crippen LogP contribution in [-0.2, 0) is 4.84 Å². The molecule has 1 aromatic heterocycles. The average molecular weight is 365 g/mol. The topological polar surface area (TPSA) is 70.3 Å². The van der Waals surface area contributed by atoms with Crippen molar-refractivity contribution in [1.82, 2.24) is 0 Å². The van der Waals surface area contributed by atoms with Crippen molar-refractivity contribution in [2.45, 2.75) is 19.4 Å². The van der Waals surface area contributed by atoms with Gasteiger partial charge < -0.3 is 18.7 Å². The molecule has 0 radical (unpaired) electrons. The second-order valence-electron chi connectivity index (χ2n) is 6.39. The Kier molecular flexibility index (Phi) is 4.54. The monoisotopic (exact) mass is 365 g/mol. The Balaban J connectivity index is 1.43. The summed E-state index contributed by atoms with van der Waals surface area (Å²) < 4.78 is 16.5. The minimum atomic E-state index is -0.369. The van der Waals surface area contributed by atoms with Gasteiger partial charge in [-0.2, -0.15) is 0 Å². The van der Waals surface area contributed by atoms with Gasteiger partial charge in [-0.3, -0.25) is 0 Å². The van der Waals surface area contributed by atoms with E-state index in [0.29, 0.717) is 24.4 Å². The number of aryl methyl sites for hydroxylation is 1.